The molecule has 0 aliphatic carbocycles. The molecule has 1 N–H and O–H groups in total. The van der Waals surface area contributed by atoms with Gasteiger partial charge in [0.25, 0.3) is 0 Å². The number of hydrogen-bond donors (Lipinski definition) is 1. The lowest BCUT2D eigenvalue weighted by atomic mass is 10.0. The van der Waals surface area contributed by atoms with E-state index in [1.807, 2.05) is 60.7 Å². The van der Waals surface area contributed by atoms with Gasteiger partial charge in [-0.1, -0.05) is 83.9 Å². The second-order valence-corrected chi connectivity index (χ2v) is 8.35. The van der Waals surface area contributed by atoms with Crippen LogP contribution in [0.1, 0.15) is 0 Å². The number of anilines is 2. The first-order valence-electron chi connectivity index (χ1n) is 10.3. The van der Waals surface area contributed by atoms with Crippen LogP contribution < -0.4 is 5.32 Å². The van der Waals surface area contributed by atoms with Crippen molar-refractivity contribution in [2.45, 2.75) is 0 Å². The summed E-state index contributed by atoms with van der Waals surface area (Å²) in [4.78, 5) is 0. The second-order valence-electron chi connectivity index (χ2n) is 7.48. The molecule has 1 heterocycles. The van der Waals surface area contributed by atoms with E-state index in [4.69, 9.17) is 23.2 Å². The van der Waals surface area contributed by atoms with Gasteiger partial charge in [-0.25, -0.2) is 0 Å². The molecule has 32 heavy (non-hydrogen) atoms. The minimum Gasteiger partial charge on any atom is -0.353 e. The standard InChI is InChI=1S/C28H20Cl2N2/c29-22-15-11-20(12-16-22)26-19-32(25-9-5-2-6-10-25)28(21-13-17-23(30)18-14-21)27(26)31-24-7-3-1-4-8-24/h1-19,31H. The number of hydrogen-bond acceptors (Lipinski definition) is 1. The molecule has 156 valence electrons. The lowest BCUT2D eigenvalue weighted by Crippen LogP contribution is -1.98. The quantitative estimate of drug-likeness (QED) is 0.280. The SMILES string of the molecule is Clc1ccc(-c2cn(-c3ccccc3)c(-c3ccc(Cl)cc3)c2Nc2ccccc2)cc1. The van der Waals surface area contributed by atoms with Gasteiger partial charge in [-0.15, -0.1) is 0 Å². The van der Waals surface area contributed by atoms with E-state index in [1.165, 1.54) is 0 Å². The van der Waals surface area contributed by atoms with Crippen molar-refractivity contribution in [3.8, 4) is 28.1 Å². The van der Waals surface area contributed by atoms with E-state index >= 15 is 0 Å². The van der Waals surface area contributed by atoms with Gasteiger partial charge >= 0.3 is 0 Å². The van der Waals surface area contributed by atoms with Gasteiger partial charge < -0.3 is 9.88 Å². The predicted octanol–water partition coefficient (Wildman–Crippen LogP) is 8.86. The average molecular weight is 455 g/mol. The maximum atomic E-state index is 6.21. The molecule has 0 saturated heterocycles. The predicted molar refractivity (Wildman–Crippen MR) is 136 cm³/mol. The fourth-order valence-electron chi connectivity index (χ4n) is 3.83. The molecule has 0 aliphatic rings. The summed E-state index contributed by atoms with van der Waals surface area (Å²) in [5, 5.41) is 5.10. The summed E-state index contributed by atoms with van der Waals surface area (Å²) in [6, 6.07) is 36.4. The lowest BCUT2D eigenvalue weighted by Gasteiger charge is -2.14. The molecular weight excluding hydrogens is 435 g/mol. The van der Waals surface area contributed by atoms with Crippen molar-refractivity contribution in [3.63, 3.8) is 0 Å². The van der Waals surface area contributed by atoms with Crippen LogP contribution in [0, 0.1) is 0 Å². The number of aromatic nitrogens is 1. The Morgan fingerprint density at radius 3 is 1.69 bits per heavy atom. The maximum absolute atomic E-state index is 6.21. The van der Waals surface area contributed by atoms with Crippen molar-refractivity contribution in [1.29, 1.82) is 0 Å². The Morgan fingerprint density at radius 1 is 0.562 bits per heavy atom. The van der Waals surface area contributed by atoms with Crippen molar-refractivity contribution in [1.82, 2.24) is 4.57 Å². The van der Waals surface area contributed by atoms with Gasteiger partial charge in [0.15, 0.2) is 0 Å². The van der Waals surface area contributed by atoms with Gasteiger partial charge in [0.1, 0.15) is 0 Å². The highest BCUT2D eigenvalue weighted by atomic mass is 35.5. The van der Waals surface area contributed by atoms with E-state index in [2.05, 4.69) is 64.6 Å². The third-order valence-corrected chi connectivity index (χ3v) is 5.86. The van der Waals surface area contributed by atoms with Crippen LogP contribution in [0.3, 0.4) is 0 Å². The first-order valence-corrected chi connectivity index (χ1v) is 11.1. The minimum atomic E-state index is 0.710. The number of nitrogens with one attached hydrogen (secondary N) is 1. The second kappa shape index (κ2) is 8.96. The first kappa shape index (κ1) is 20.4. The van der Waals surface area contributed by atoms with Crippen LogP contribution in [0.25, 0.3) is 28.1 Å². The van der Waals surface area contributed by atoms with Gasteiger partial charge in [0.05, 0.1) is 11.4 Å². The molecule has 0 unspecified atom stereocenters. The molecule has 5 rings (SSSR count). The zero-order chi connectivity index (χ0) is 21.9. The first-order chi connectivity index (χ1) is 15.7. The fraction of sp³-hybridized carbons (Fsp3) is 0. The normalized spacial score (nSPS) is 10.8. The summed E-state index contributed by atoms with van der Waals surface area (Å²) < 4.78 is 2.22. The molecular formula is C28H20Cl2N2. The topological polar surface area (TPSA) is 17.0 Å². The van der Waals surface area contributed by atoms with Crippen molar-refractivity contribution in [2.75, 3.05) is 5.32 Å². The third kappa shape index (κ3) is 4.16. The summed E-state index contributed by atoms with van der Waals surface area (Å²) in [6.07, 6.45) is 2.17. The highest BCUT2D eigenvalue weighted by Gasteiger charge is 2.20. The molecule has 0 aliphatic heterocycles. The molecule has 1 aromatic heterocycles. The van der Waals surface area contributed by atoms with Crippen molar-refractivity contribution < 1.29 is 0 Å². The average Bonchev–Trinajstić information content (AvgIpc) is 3.20. The molecule has 5 aromatic rings. The number of nitrogens with zero attached hydrogens (tertiary/aromatic N) is 1. The molecule has 0 saturated carbocycles. The molecule has 4 heteroatoms. The van der Waals surface area contributed by atoms with E-state index in [0.717, 1.165) is 39.4 Å². The number of benzene rings is 4. The van der Waals surface area contributed by atoms with Crippen molar-refractivity contribution in [2.24, 2.45) is 0 Å². The summed E-state index contributed by atoms with van der Waals surface area (Å²) in [5.74, 6) is 0. The van der Waals surface area contributed by atoms with Crippen molar-refractivity contribution in [3.05, 3.63) is 125 Å². The summed E-state index contributed by atoms with van der Waals surface area (Å²) in [5.41, 5.74) is 7.40. The monoisotopic (exact) mass is 454 g/mol. The molecule has 0 amide bonds. The Morgan fingerprint density at radius 2 is 1.09 bits per heavy atom. The Hall–Kier alpha value is -3.46. The van der Waals surface area contributed by atoms with Gasteiger partial charge in [-0.3, -0.25) is 0 Å². The van der Waals surface area contributed by atoms with Crippen LogP contribution in [-0.2, 0) is 0 Å². The van der Waals surface area contributed by atoms with E-state index in [0.29, 0.717) is 10.0 Å². The smallest absolute Gasteiger partial charge is 0.0771 e. The zero-order valence-corrected chi connectivity index (χ0v) is 18.7. The largest absolute Gasteiger partial charge is 0.353 e. The highest BCUT2D eigenvalue weighted by molar-refractivity contribution is 6.31. The Balaban J connectivity index is 1.79. The van der Waals surface area contributed by atoms with E-state index in [9.17, 15) is 0 Å². The molecule has 4 aromatic carbocycles. The van der Waals surface area contributed by atoms with Crippen LogP contribution in [-0.4, -0.2) is 4.57 Å². The van der Waals surface area contributed by atoms with Crippen LogP contribution in [0.15, 0.2) is 115 Å². The molecule has 0 bridgehead atoms. The van der Waals surface area contributed by atoms with Gasteiger partial charge in [0.2, 0.25) is 0 Å². The summed E-state index contributed by atoms with van der Waals surface area (Å²) >= 11 is 12.4. The zero-order valence-electron chi connectivity index (χ0n) is 17.2. The minimum absolute atomic E-state index is 0.710. The van der Waals surface area contributed by atoms with E-state index in [-0.39, 0.29) is 0 Å². The molecule has 2 nitrogen and oxygen atoms in total. The van der Waals surface area contributed by atoms with E-state index < -0.39 is 0 Å². The van der Waals surface area contributed by atoms with Gasteiger partial charge in [0, 0.05) is 38.7 Å². The van der Waals surface area contributed by atoms with Crippen molar-refractivity contribution >= 4 is 34.6 Å². The fourth-order valence-corrected chi connectivity index (χ4v) is 4.08. The van der Waals surface area contributed by atoms with Gasteiger partial charge in [-0.2, -0.15) is 0 Å². The van der Waals surface area contributed by atoms with E-state index in [1.54, 1.807) is 0 Å². The van der Waals surface area contributed by atoms with Gasteiger partial charge in [-0.05, 0) is 54.1 Å². The van der Waals surface area contributed by atoms with Crippen LogP contribution in [0.5, 0.6) is 0 Å². The highest BCUT2D eigenvalue weighted by Crippen LogP contribution is 2.42. The number of para-hydroxylation sites is 2. The summed E-state index contributed by atoms with van der Waals surface area (Å²) in [6.45, 7) is 0. The summed E-state index contributed by atoms with van der Waals surface area (Å²) in [7, 11) is 0. The number of rotatable bonds is 5. The van der Waals surface area contributed by atoms with Crippen LogP contribution in [0.2, 0.25) is 10.0 Å². The Kier molecular flexibility index (Phi) is 5.72. The molecule has 0 fully saturated rings. The third-order valence-electron chi connectivity index (χ3n) is 5.36. The van der Waals surface area contributed by atoms with Crippen LogP contribution in [0.4, 0.5) is 11.4 Å². The van der Waals surface area contributed by atoms with Crippen LogP contribution >= 0.6 is 23.2 Å². The molecule has 0 spiro atoms. The maximum Gasteiger partial charge on any atom is 0.0771 e. The number of halogens is 2. The Labute approximate surface area is 197 Å². The molecule has 0 radical (unpaired) electrons. The lowest BCUT2D eigenvalue weighted by molar-refractivity contribution is 1.09. The molecule has 0 atom stereocenters. The Bertz CT molecular complexity index is 1320.